The van der Waals surface area contributed by atoms with Crippen molar-refractivity contribution >= 4 is 5.69 Å². The second-order valence-electron chi connectivity index (χ2n) is 3.57. The molecule has 0 amide bonds. The van der Waals surface area contributed by atoms with Crippen LogP contribution in [0.4, 0.5) is 18.9 Å². The summed E-state index contributed by atoms with van der Waals surface area (Å²) in [7, 11) is 0. The first kappa shape index (κ1) is 9.37. The zero-order chi connectivity index (χ0) is 10.2. The van der Waals surface area contributed by atoms with E-state index in [4.69, 9.17) is 0 Å². The van der Waals surface area contributed by atoms with Gasteiger partial charge in [-0.1, -0.05) is 18.2 Å². The molecule has 0 aliphatic heterocycles. The molecule has 0 heterocycles. The van der Waals surface area contributed by atoms with Gasteiger partial charge in [0.15, 0.2) is 0 Å². The zero-order valence-corrected chi connectivity index (χ0v) is 7.43. The van der Waals surface area contributed by atoms with Crippen LogP contribution in [0, 0.1) is 0 Å². The second-order valence-corrected chi connectivity index (χ2v) is 3.57. The summed E-state index contributed by atoms with van der Waals surface area (Å²) in [6.07, 6.45) is -3.81. The number of halogens is 3. The Balaban J connectivity index is 2.13. The lowest BCUT2D eigenvalue weighted by Crippen LogP contribution is -2.38. The molecule has 0 atom stereocenters. The Morgan fingerprint density at radius 2 is 1.64 bits per heavy atom. The number of anilines is 1. The molecular formula is C10H10F3N. The molecule has 0 unspecified atom stereocenters. The number of para-hydroxylation sites is 1. The van der Waals surface area contributed by atoms with Crippen molar-refractivity contribution in [2.75, 3.05) is 5.32 Å². The lowest BCUT2D eigenvalue weighted by molar-refractivity contribution is -0.151. The first-order chi connectivity index (χ1) is 6.54. The van der Waals surface area contributed by atoms with E-state index in [1.807, 2.05) is 0 Å². The topological polar surface area (TPSA) is 12.0 Å². The van der Waals surface area contributed by atoms with Crippen LogP contribution in [-0.2, 0) is 0 Å². The quantitative estimate of drug-likeness (QED) is 0.774. The average molecular weight is 201 g/mol. The van der Waals surface area contributed by atoms with Gasteiger partial charge in [0.05, 0.1) is 0 Å². The fourth-order valence-electron chi connectivity index (χ4n) is 1.40. The van der Waals surface area contributed by atoms with E-state index in [0.29, 0.717) is 5.69 Å². The lowest BCUT2D eigenvalue weighted by atomic mass is 10.2. The van der Waals surface area contributed by atoms with Crippen LogP contribution in [0.3, 0.4) is 0 Å². The van der Waals surface area contributed by atoms with Crippen molar-refractivity contribution < 1.29 is 13.2 Å². The van der Waals surface area contributed by atoms with Gasteiger partial charge in [0.2, 0.25) is 0 Å². The molecule has 0 radical (unpaired) electrons. The average Bonchev–Trinajstić information content (AvgIpc) is 2.86. The summed E-state index contributed by atoms with van der Waals surface area (Å²) in [5.74, 6) is 0. The number of hydrogen-bond acceptors (Lipinski definition) is 1. The van der Waals surface area contributed by atoms with Crippen molar-refractivity contribution in [2.45, 2.75) is 24.6 Å². The standard InChI is InChI=1S/C10H10F3N/c11-10(12,13)9(6-7-9)14-8-4-2-1-3-5-8/h1-5,14H,6-7H2. The number of alkyl halides is 3. The highest BCUT2D eigenvalue weighted by molar-refractivity contribution is 5.47. The molecule has 14 heavy (non-hydrogen) atoms. The van der Waals surface area contributed by atoms with Gasteiger partial charge >= 0.3 is 6.18 Å². The predicted molar refractivity (Wildman–Crippen MR) is 48.1 cm³/mol. The Morgan fingerprint density at radius 3 is 2.07 bits per heavy atom. The van der Waals surface area contributed by atoms with Crippen LogP contribution in [0.2, 0.25) is 0 Å². The first-order valence-corrected chi connectivity index (χ1v) is 4.43. The van der Waals surface area contributed by atoms with Crippen LogP contribution < -0.4 is 5.32 Å². The molecular weight excluding hydrogens is 191 g/mol. The predicted octanol–water partition coefficient (Wildman–Crippen LogP) is 3.19. The van der Waals surface area contributed by atoms with Crippen molar-refractivity contribution in [1.82, 2.24) is 0 Å². The zero-order valence-electron chi connectivity index (χ0n) is 7.43. The van der Waals surface area contributed by atoms with E-state index >= 15 is 0 Å². The van der Waals surface area contributed by atoms with Crippen molar-refractivity contribution in [3.05, 3.63) is 30.3 Å². The summed E-state index contributed by atoms with van der Waals surface area (Å²) in [6, 6.07) is 8.50. The Labute approximate surface area is 79.9 Å². The molecule has 76 valence electrons. The second kappa shape index (κ2) is 2.90. The van der Waals surface area contributed by atoms with E-state index in [0.717, 1.165) is 0 Å². The largest absolute Gasteiger partial charge is 0.411 e. The van der Waals surface area contributed by atoms with E-state index in [2.05, 4.69) is 5.32 Å². The molecule has 4 heteroatoms. The maximum atomic E-state index is 12.5. The minimum Gasteiger partial charge on any atom is -0.372 e. The van der Waals surface area contributed by atoms with E-state index < -0.39 is 11.7 Å². The van der Waals surface area contributed by atoms with E-state index in [1.54, 1.807) is 30.3 Å². The fourth-order valence-corrected chi connectivity index (χ4v) is 1.40. The highest BCUT2D eigenvalue weighted by atomic mass is 19.4. The Kier molecular flexibility index (Phi) is 1.94. The summed E-state index contributed by atoms with van der Waals surface area (Å²) in [5.41, 5.74) is -1.13. The van der Waals surface area contributed by atoms with Crippen LogP contribution in [0.25, 0.3) is 0 Å². The number of nitrogens with one attached hydrogen (secondary N) is 1. The molecule has 1 nitrogen and oxygen atoms in total. The normalized spacial score (nSPS) is 19.1. The third-order valence-corrected chi connectivity index (χ3v) is 2.45. The Bertz CT molecular complexity index is 314. The molecule has 0 aromatic heterocycles. The molecule has 1 aliphatic rings. The molecule has 2 rings (SSSR count). The SMILES string of the molecule is FC(F)(F)C1(Nc2ccccc2)CC1. The van der Waals surface area contributed by atoms with Gasteiger partial charge in [-0.05, 0) is 25.0 Å². The van der Waals surface area contributed by atoms with Crippen LogP contribution in [-0.4, -0.2) is 11.7 Å². The summed E-state index contributed by atoms with van der Waals surface area (Å²) in [6.45, 7) is 0. The van der Waals surface area contributed by atoms with Gasteiger partial charge in [-0.15, -0.1) is 0 Å². The number of hydrogen-bond donors (Lipinski definition) is 1. The summed E-state index contributed by atoms with van der Waals surface area (Å²) in [4.78, 5) is 0. The molecule has 1 N–H and O–H groups in total. The maximum Gasteiger partial charge on any atom is 0.411 e. The van der Waals surface area contributed by atoms with E-state index in [-0.39, 0.29) is 12.8 Å². The minimum absolute atomic E-state index is 0.172. The molecule has 0 spiro atoms. The summed E-state index contributed by atoms with van der Waals surface area (Å²) < 4.78 is 37.6. The maximum absolute atomic E-state index is 12.5. The van der Waals surface area contributed by atoms with E-state index in [1.165, 1.54) is 0 Å². The fraction of sp³-hybridized carbons (Fsp3) is 0.400. The Hall–Kier alpha value is -1.19. The van der Waals surface area contributed by atoms with Crippen molar-refractivity contribution in [3.8, 4) is 0 Å². The van der Waals surface area contributed by atoms with Gasteiger partial charge in [-0.3, -0.25) is 0 Å². The van der Waals surface area contributed by atoms with Crippen molar-refractivity contribution in [2.24, 2.45) is 0 Å². The van der Waals surface area contributed by atoms with Gasteiger partial charge < -0.3 is 5.32 Å². The van der Waals surface area contributed by atoms with Crippen LogP contribution >= 0.6 is 0 Å². The van der Waals surface area contributed by atoms with Gasteiger partial charge in [-0.25, -0.2) is 0 Å². The van der Waals surface area contributed by atoms with Gasteiger partial charge in [-0.2, -0.15) is 13.2 Å². The Morgan fingerprint density at radius 1 is 1.07 bits per heavy atom. The molecule has 0 bridgehead atoms. The molecule has 1 aliphatic carbocycles. The van der Waals surface area contributed by atoms with Crippen LogP contribution in [0.1, 0.15) is 12.8 Å². The monoisotopic (exact) mass is 201 g/mol. The van der Waals surface area contributed by atoms with Crippen molar-refractivity contribution in [1.29, 1.82) is 0 Å². The van der Waals surface area contributed by atoms with Gasteiger partial charge in [0.1, 0.15) is 5.54 Å². The molecule has 1 aromatic rings. The molecule has 1 fully saturated rings. The number of benzene rings is 1. The molecule has 0 saturated heterocycles. The highest BCUT2D eigenvalue weighted by Crippen LogP contribution is 2.51. The van der Waals surface area contributed by atoms with E-state index in [9.17, 15) is 13.2 Å². The van der Waals surface area contributed by atoms with Crippen LogP contribution in [0.15, 0.2) is 30.3 Å². The third-order valence-electron chi connectivity index (χ3n) is 2.45. The van der Waals surface area contributed by atoms with Crippen molar-refractivity contribution in [3.63, 3.8) is 0 Å². The first-order valence-electron chi connectivity index (χ1n) is 4.43. The summed E-state index contributed by atoms with van der Waals surface area (Å²) in [5, 5.41) is 2.54. The summed E-state index contributed by atoms with van der Waals surface area (Å²) >= 11 is 0. The smallest absolute Gasteiger partial charge is 0.372 e. The highest BCUT2D eigenvalue weighted by Gasteiger charge is 2.63. The van der Waals surface area contributed by atoms with Crippen LogP contribution in [0.5, 0.6) is 0 Å². The lowest BCUT2D eigenvalue weighted by Gasteiger charge is -2.21. The van der Waals surface area contributed by atoms with Gasteiger partial charge in [0, 0.05) is 5.69 Å². The number of rotatable bonds is 2. The molecule has 1 aromatic carbocycles. The van der Waals surface area contributed by atoms with Gasteiger partial charge in [0.25, 0.3) is 0 Å². The third kappa shape index (κ3) is 1.56. The molecule has 1 saturated carbocycles. The minimum atomic E-state index is -4.15.